The van der Waals surface area contributed by atoms with E-state index in [1.165, 1.54) is 17.2 Å². The van der Waals surface area contributed by atoms with Crippen molar-refractivity contribution in [3.05, 3.63) is 59.1 Å². The number of aliphatic hydroxyl groups excluding tert-OH is 1. The molecule has 10 nitrogen and oxygen atoms in total. The fraction of sp³-hybridized carbons (Fsp3) is 0.440. The molecule has 1 unspecified atom stereocenters. The Bertz CT molecular complexity index is 1210. The van der Waals surface area contributed by atoms with Crippen LogP contribution in [-0.4, -0.2) is 64.3 Å². The topological polar surface area (TPSA) is 131 Å². The van der Waals surface area contributed by atoms with Crippen LogP contribution < -0.4 is 10.1 Å². The van der Waals surface area contributed by atoms with E-state index < -0.39 is 70.8 Å². The second-order valence-corrected chi connectivity index (χ2v) is 9.70. The number of halogens is 4. The Hall–Kier alpha value is -3.94. The second kappa shape index (κ2) is 12.3. The highest BCUT2D eigenvalue weighted by molar-refractivity contribution is 5.92. The smallest absolute Gasteiger partial charge is 0.333 e. The molecule has 212 valence electrons. The highest BCUT2D eigenvalue weighted by Crippen LogP contribution is 2.27. The molecule has 0 bridgehead atoms. The Kier molecular flexibility index (Phi) is 9.32. The van der Waals surface area contributed by atoms with Crippen LogP contribution in [0.3, 0.4) is 0 Å². The lowest BCUT2D eigenvalue weighted by Gasteiger charge is -2.31. The highest BCUT2D eigenvalue weighted by atomic mass is 19.2. The summed E-state index contributed by atoms with van der Waals surface area (Å²) in [5.74, 6) is -11.1. The van der Waals surface area contributed by atoms with E-state index in [0.717, 1.165) is 6.08 Å². The van der Waals surface area contributed by atoms with Crippen molar-refractivity contribution >= 4 is 17.8 Å². The maximum atomic E-state index is 13.9. The first-order valence-corrected chi connectivity index (χ1v) is 11.9. The van der Waals surface area contributed by atoms with E-state index in [1.807, 2.05) is 0 Å². The standard InChI is InChI=1S/C25H27F4N3O7/c1-25(2,3)39-19(34)11-17(18(33)12-37-22-20(28)14(26)10-15(27)21(22)29)30-23(35)13-4-7-32(8-5-13)24(36)16-6-9-38-31-16/h6,9-11,13,18,33H,4-5,7-8,12H2,1-3H3,(H,30,35)/b17-11+. The molecule has 1 saturated heterocycles. The average Bonchev–Trinajstić information content (AvgIpc) is 3.40. The summed E-state index contributed by atoms with van der Waals surface area (Å²) in [7, 11) is 0. The fourth-order valence-corrected chi connectivity index (χ4v) is 3.68. The third-order valence-electron chi connectivity index (χ3n) is 5.57. The summed E-state index contributed by atoms with van der Waals surface area (Å²) in [5.41, 5.74) is -1.25. The predicted molar refractivity (Wildman–Crippen MR) is 125 cm³/mol. The van der Waals surface area contributed by atoms with Crippen LogP contribution in [0.4, 0.5) is 17.6 Å². The Morgan fingerprint density at radius 3 is 2.33 bits per heavy atom. The molecule has 0 saturated carbocycles. The lowest BCUT2D eigenvalue weighted by molar-refractivity contribution is -0.148. The normalized spacial score (nSPS) is 15.6. The van der Waals surface area contributed by atoms with Crippen LogP contribution in [0.5, 0.6) is 5.75 Å². The molecule has 1 aliphatic rings. The van der Waals surface area contributed by atoms with Crippen molar-refractivity contribution in [3.8, 4) is 5.75 Å². The van der Waals surface area contributed by atoms with Gasteiger partial charge in [-0.1, -0.05) is 5.16 Å². The molecule has 2 heterocycles. The number of aliphatic hydroxyl groups is 1. The fourth-order valence-electron chi connectivity index (χ4n) is 3.68. The van der Waals surface area contributed by atoms with Gasteiger partial charge in [-0.05, 0) is 33.6 Å². The Morgan fingerprint density at radius 2 is 1.79 bits per heavy atom. The van der Waals surface area contributed by atoms with Gasteiger partial charge in [-0.3, -0.25) is 9.59 Å². The molecule has 1 aromatic heterocycles. The highest BCUT2D eigenvalue weighted by Gasteiger charge is 2.31. The van der Waals surface area contributed by atoms with Gasteiger partial charge in [0.2, 0.25) is 17.5 Å². The number of hydrogen-bond acceptors (Lipinski definition) is 8. The maximum absolute atomic E-state index is 13.9. The van der Waals surface area contributed by atoms with E-state index in [-0.39, 0.29) is 43.6 Å². The molecule has 0 aliphatic carbocycles. The van der Waals surface area contributed by atoms with Crippen molar-refractivity contribution in [1.82, 2.24) is 15.4 Å². The minimum absolute atomic E-state index is 0.00736. The Labute approximate surface area is 220 Å². The van der Waals surface area contributed by atoms with E-state index in [4.69, 9.17) is 9.47 Å². The number of nitrogens with one attached hydrogen (secondary N) is 1. The third kappa shape index (κ3) is 7.78. The predicted octanol–water partition coefficient (Wildman–Crippen LogP) is 2.86. The molecule has 2 aromatic rings. The van der Waals surface area contributed by atoms with Crippen molar-refractivity contribution in [2.45, 2.75) is 45.3 Å². The van der Waals surface area contributed by atoms with E-state index in [2.05, 4.69) is 15.0 Å². The van der Waals surface area contributed by atoms with Crippen LogP contribution in [-0.2, 0) is 14.3 Å². The van der Waals surface area contributed by atoms with Gasteiger partial charge in [0, 0.05) is 37.2 Å². The van der Waals surface area contributed by atoms with Crippen molar-refractivity contribution in [1.29, 1.82) is 0 Å². The SMILES string of the molecule is CC(C)(C)OC(=O)/C=C(/NC(=O)C1CCN(C(=O)c2ccon2)CC1)C(O)COc1c(F)c(F)cc(F)c1F. The van der Waals surface area contributed by atoms with Gasteiger partial charge in [-0.25, -0.2) is 13.6 Å². The van der Waals surface area contributed by atoms with E-state index in [0.29, 0.717) is 0 Å². The molecule has 2 N–H and O–H groups in total. The molecular formula is C25H27F4N3O7. The lowest BCUT2D eigenvalue weighted by atomic mass is 9.95. The summed E-state index contributed by atoms with van der Waals surface area (Å²) in [6.07, 6.45) is 0.621. The molecule has 3 rings (SSSR count). The summed E-state index contributed by atoms with van der Waals surface area (Å²) in [4.78, 5) is 39.2. The van der Waals surface area contributed by atoms with Gasteiger partial charge < -0.3 is 29.3 Å². The number of piperidine rings is 1. The van der Waals surface area contributed by atoms with Gasteiger partial charge in [0.1, 0.15) is 24.6 Å². The van der Waals surface area contributed by atoms with Crippen molar-refractivity contribution in [2.75, 3.05) is 19.7 Å². The zero-order valence-corrected chi connectivity index (χ0v) is 21.3. The first-order valence-electron chi connectivity index (χ1n) is 11.9. The van der Waals surface area contributed by atoms with Crippen molar-refractivity contribution in [3.63, 3.8) is 0 Å². The minimum atomic E-state index is -1.87. The summed E-state index contributed by atoms with van der Waals surface area (Å²) in [6.45, 7) is 4.17. The molecule has 39 heavy (non-hydrogen) atoms. The molecule has 2 amide bonds. The molecular weight excluding hydrogens is 530 g/mol. The monoisotopic (exact) mass is 557 g/mol. The summed E-state index contributed by atoms with van der Waals surface area (Å²) in [5, 5.41) is 16.6. The van der Waals surface area contributed by atoms with Crippen LogP contribution in [0, 0.1) is 29.2 Å². The number of benzene rings is 1. The second-order valence-electron chi connectivity index (χ2n) is 9.70. The Morgan fingerprint density at radius 1 is 1.18 bits per heavy atom. The van der Waals surface area contributed by atoms with Gasteiger partial charge in [0.15, 0.2) is 23.1 Å². The largest absolute Gasteiger partial charge is 0.484 e. The minimum Gasteiger partial charge on any atom is -0.484 e. The first-order chi connectivity index (χ1) is 18.3. The Balaban J connectivity index is 1.70. The van der Waals surface area contributed by atoms with Crippen molar-refractivity contribution < 1.29 is 51.0 Å². The van der Waals surface area contributed by atoms with Gasteiger partial charge in [-0.2, -0.15) is 8.78 Å². The first kappa shape index (κ1) is 29.6. The van der Waals surface area contributed by atoms with Gasteiger partial charge >= 0.3 is 5.97 Å². The van der Waals surface area contributed by atoms with Crippen molar-refractivity contribution in [2.24, 2.45) is 5.92 Å². The maximum Gasteiger partial charge on any atom is 0.333 e. The summed E-state index contributed by atoms with van der Waals surface area (Å²) < 4.78 is 69.4. The van der Waals surface area contributed by atoms with Gasteiger partial charge in [0.05, 0.1) is 5.70 Å². The molecule has 14 heteroatoms. The quantitative estimate of drug-likeness (QED) is 0.219. The number of hydrogen-bond donors (Lipinski definition) is 2. The molecule has 0 radical (unpaired) electrons. The van der Waals surface area contributed by atoms with Crippen LogP contribution in [0.2, 0.25) is 0 Å². The summed E-state index contributed by atoms with van der Waals surface area (Å²) in [6, 6.07) is 1.40. The van der Waals surface area contributed by atoms with Crippen LogP contribution in [0.1, 0.15) is 44.1 Å². The number of carbonyl (C=O) groups is 3. The van der Waals surface area contributed by atoms with E-state index in [9.17, 15) is 37.1 Å². The zero-order chi connectivity index (χ0) is 28.9. The number of likely N-dealkylation sites (tertiary alicyclic amines) is 1. The van der Waals surface area contributed by atoms with Crippen LogP contribution in [0.15, 0.2) is 34.7 Å². The average molecular weight is 557 g/mol. The molecule has 1 aliphatic heterocycles. The van der Waals surface area contributed by atoms with Gasteiger partial charge in [0.25, 0.3) is 5.91 Å². The summed E-state index contributed by atoms with van der Waals surface area (Å²) >= 11 is 0. The number of esters is 1. The number of aromatic nitrogens is 1. The zero-order valence-electron chi connectivity index (χ0n) is 21.3. The molecule has 1 fully saturated rings. The lowest BCUT2D eigenvalue weighted by Crippen LogP contribution is -2.44. The molecule has 1 aromatic carbocycles. The molecule has 1 atom stereocenters. The number of rotatable bonds is 8. The van der Waals surface area contributed by atoms with Crippen LogP contribution in [0.25, 0.3) is 0 Å². The third-order valence-corrected chi connectivity index (χ3v) is 5.57. The van der Waals surface area contributed by atoms with Gasteiger partial charge in [-0.15, -0.1) is 0 Å². The molecule has 0 spiro atoms. The number of nitrogens with zero attached hydrogens (tertiary/aromatic N) is 2. The number of ether oxygens (including phenoxy) is 2. The van der Waals surface area contributed by atoms with E-state index in [1.54, 1.807) is 20.8 Å². The number of amides is 2. The van der Waals surface area contributed by atoms with E-state index >= 15 is 0 Å². The number of carbonyl (C=O) groups excluding carboxylic acids is 3. The van der Waals surface area contributed by atoms with Crippen LogP contribution >= 0.6 is 0 Å².